The van der Waals surface area contributed by atoms with Gasteiger partial charge < -0.3 is 10.8 Å². The zero-order valence-corrected chi connectivity index (χ0v) is 8.32. The van der Waals surface area contributed by atoms with E-state index in [1.807, 2.05) is 24.3 Å². The molecule has 0 bridgehead atoms. The summed E-state index contributed by atoms with van der Waals surface area (Å²) in [7, 11) is 0. The third kappa shape index (κ3) is 3.32. The second kappa shape index (κ2) is 6.35. The van der Waals surface area contributed by atoms with Gasteiger partial charge in [-0.05, 0) is 24.0 Å². The first kappa shape index (κ1) is 11.0. The van der Waals surface area contributed by atoms with Crippen molar-refractivity contribution >= 4 is 6.08 Å². The Morgan fingerprint density at radius 3 is 2.79 bits per heavy atom. The Morgan fingerprint density at radius 2 is 2.07 bits per heavy atom. The van der Waals surface area contributed by atoms with Gasteiger partial charge in [0, 0.05) is 13.2 Å². The molecule has 1 rings (SSSR count). The fourth-order valence-corrected chi connectivity index (χ4v) is 1.39. The highest BCUT2D eigenvalue weighted by molar-refractivity contribution is 5.53. The molecule has 0 aromatic heterocycles. The Kier molecular flexibility index (Phi) is 4.97. The van der Waals surface area contributed by atoms with Gasteiger partial charge in [-0.2, -0.15) is 0 Å². The molecule has 14 heavy (non-hydrogen) atoms. The molecule has 1 aromatic carbocycles. The number of hydrogen-bond acceptors (Lipinski definition) is 2. The van der Waals surface area contributed by atoms with Gasteiger partial charge in [0.05, 0.1) is 0 Å². The maximum absolute atomic E-state index is 8.76. The van der Waals surface area contributed by atoms with Crippen LogP contribution in [0.2, 0.25) is 0 Å². The maximum atomic E-state index is 8.76. The highest BCUT2D eigenvalue weighted by atomic mass is 16.2. The number of hydrogen-bond donors (Lipinski definition) is 2. The van der Waals surface area contributed by atoms with Crippen LogP contribution in [-0.2, 0) is 6.42 Å². The summed E-state index contributed by atoms with van der Waals surface area (Å²) in [6.45, 7) is 0.809. The number of aryl methyl sites for hydroxylation is 1. The summed E-state index contributed by atoms with van der Waals surface area (Å²) >= 11 is 0. The van der Waals surface area contributed by atoms with E-state index in [4.69, 9.17) is 10.8 Å². The molecular weight excluding hydrogens is 174 g/mol. The normalized spacial score (nSPS) is 11.0. The minimum atomic E-state index is 0.245. The summed E-state index contributed by atoms with van der Waals surface area (Å²) in [5.74, 6) is 0. The van der Waals surface area contributed by atoms with Gasteiger partial charge in [0.25, 0.3) is 0 Å². The minimum absolute atomic E-state index is 0.245. The molecule has 0 saturated carbocycles. The second-order valence-corrected chi connectivity index (χ2v) is 3.16. The molecule has 0 aliphatic carbocycles. The Labute approximate surface area is 85.1 Å². The minimum Gasteiger partial charge on any atom is -0.396 e. The van der Waals surface area contributed by atoms with Gasteiger partial charge in [-0.3, -0.25) is 0 Å². The highest BCUT2D eigenvalue weighted by Gasteiger charge is 1.97. The van der Waals surface area contributed by atoms with Crippen LogP contribution in [0.25, 0.3) is 6.08 Å². The van der Waals surface area contributed by atoms with Gasteiger partial charge in [-0.25, -0.2) is 0 Å². The monoisotopic (exact) mass is 191 g/mol. The number of nitrogens with two attached hydrogens (primary N) is 1. The van der Waals surface area contributed by atoms with Crippen molar-refractivity contribution in [3.8, 4) is 0 Å². The van der Waals surface area contributed by atoms with Crippen LogP contribution >= 0.6 is 0 Å². The zero-order valence-electron chi connectivity index (χ0n) is 8.32. The predicted molar refractivity (Wildman–Crippen MR) is 59.9 cm³/mol. The lowest BCUT2D eigenvalue weighted by atomic mass is 10.0. The van der Waals surface area contributed by atoms with Crippen LogP contribution in [0.1, 0.15) is 17.5 Å². The fraction of sp³-hybridized carbons (Fsp3) is 0.333. The summed E-state index contributed by atoms with van der Waals surface area (Å²) in [6.07, 6.45) is 5.71. The molecule has 0 atom stereocenters. The summed E-state index contributed by atoms with van der Waals surface area (Å²) < 4.78 is 0. The lowest BCUT2D eigenvalue weighted by Crippen LogP contribution is -1.94. The first-order chi connectivity index (χ1) is 6.88. The fourth-order valence-electron chi connectivity index (χ4n) is 1.39. The molecule has 0 aliphatic heterocycles. The van der Waals surface area contributed by atoms with Crippen molar-refractivity contribution in [1.29, 1.82) is 0 Å². The van der Waals surface area contributed by atoms with E-state index in [-0.39, 0.29) is 6.61 Å². The van der Waals surface area contributed by atoms with Crippen molar-refractivity contribution in [1.82, 2.24) is 0 Å². The lowest BCUT2D eigenvalue weighted by Gasteiger charge is -2.04. The van der Waals surface area contributed by atoms with E-state index in [0.717, 1.165) is 12.8 Å². The summed E-state index contributed by atoms with van der Waals surface area (Å²) in [6, 6.07) is 8.19. The SMILES string of the molecule is NCC=Cc1ccccc1CCCO. The quantitative estimate of drug-likeness (QED) is 0.742. The van der Waals surface area contributed by atoms with Crippen molar-refractivity contribution in [2.45, 2.75) is 12.8 Å². The molecule has 0 fully saturated rings. The van der Waals surface area contributed by atoms with Crippen molar-refractivity contribution < 1.29 is 5.11 Å². The predicted octanol–water partition coefficient (Wildman–Crippen LogP) is 1.58. The van der Waals surface area contributed by atoms with Crippen LogP contribution in [0.15, 0.2) is 30.3 Å². The van der Waals surface area contributed by atoms with Crippen LogP contribution in [0, 0.1) is 0 Å². The summed E-state index contributed by atoms with van der Waals surface area (Å²) in [5.41, 5.74) is 7.87. The molecule has 1 aromatic rings. The van der Waals surface area contributed by atoms with Gasteiger partial charge in [-0.15, -0.1) is 0 Å². The Hall–Kier alpha value is -1.12. The van der Waals surface area contributed by atoms with E-state index in [2.05, 4.69) is 12.1 Å². The first-order valence-electron chi connectivity index (χ1n) is 4.94. The van der Waals surface area contributed by atoms with E-state index < -0.39 is 0 Å². The van der Waals surface area contributed by atoms with Gasteiger partial charge in [-0.1, -0.05) is 36.4 Å². The molecule has 2 heteroatoms. The van der Waals surface area contributed by atoms with Crippen LogP contribution in [0.3, 0.4) is 0 Å². The van der Waals surface area contributed by atoms with Crippen LogP contribution in [-0.4, -0.2) is 18.3 Å². The third-order valence-electron chi connectivity index (χ3n) is 2.09. The van der Waals surface area contributed by atoms with E-state index >= 15 is 0 Å². The standard InChI is InChI=1S/C12H17NO/c13-9-3-7-11-5-1-2-6-12(11)8-4-10-14/h1-3,5-7,14H,4,8-10,13H2. The van der Waals surface area contributed by atoms with Crippen LogP contribution in [0.5, 0.6) is 0 Å². The molecule has 0 saturated heterocycles. The molecule has 0 spiro atoms. The van der Waals surface area contributed by atoms with Gasteiger partial charge in [0.2, 0.25) is 0 Å². The summed E-state index contributed by atoms with van der Waals surface area (Å²) in [4.78, 5) is 0. The van der Waals surface area contributed by atoms with Crippen molar-refractivity contribution in [3.63, 3.8) is 0 Å². The highest BCUT2D eigenvalue weighted by Crippen LogP contribution is 2.12. The van der Waals surface area contributed by atoms with Crippen molar-refractivity contribution in [2.24, 2.45) is 5.73 Å². The van der Waals surface area contributed by atoms with E-state index in [1.165, 1.54) is 11.1 Å². The maximum Gasteiger partial charge on any atom is 0.0434 e. The number of benzene rings is 1. The molecular formula is C12H17NO. The Morgan fingerprint density at radius 1 is 1.29 bits per heavy atom. The number of rotatable bonds is 5. The van der Waals surface area contributed by atoms with Crippen LogP contribution in [0.4, 0.5) is 0 Å². The first-order valence-corrected chi connectivity index (χ1v) is 4.94. The molecule has 0 amide bonds. The average Bonchev–Trinajstić information content (AvgIpc) is 2.24. The van der Waals surface area contributed by atoms with Gasteiger partial charge >= 0.3 is 0 Å². The average molecular weight is 191 g/mol. The largest absolute Gasteiger partial charge is 0.396 e. The number of aliphatic hydroxyl groups excluding tert-OH is 1. The smallest absolute Gasteiger partial charge is 0.0434 e. The molecule has 0 aliphatic rings. The van der Waals surface area contributed by atoms with E-state index in [1.54, 1.807) is 0 Å². The molecule has 76 valence electrons. The topological polar surface area (TPSA) is 46.2 Å². The van der Waals surface area contributed by atoms with Crippen LogP contribution < -0.4 is 5.73 Å². The van der Waals surface area contributed by atoms with Crippen molar-refractivity contribution in [2.75, 3.05) is 13.2 Å². The van der Waals surface area contributed by atoms with Gasteiger partial charge in [0.15, 0.2) is 0 Å². The second-order valence-electron chi connectivity index (χ2n) is 3.16. The zero-order chi connectivity index (χ0) is 10.2. The molecule has 2 nitrogen and oxygen atoms in total. The number of aliphatic hydroxyl groups is 1. The van der Waals surface area contributed by atoms with E-state index in [0.29, 0.717) is 6.54 Å². The molecule has 0 radical (unpaired) electrons. The Bertz CT molecular complexity index is 294. The molecule has 0 unspecified atom stereocenters. The van der Waals surface area contributed by atoms with E-state index in [9.17, 15) is 0 Å². The van der Waals surface area contributed by atoms with Gasteiger partial charge in [0.1, 0.15) is 0 Å². The summed E-state index contributed by atoms with van der Waals surface area (Å²) in [5, 5.41) is 8.76. The lowest BCUT2D eigenvalue weighted by molar-refractivity contribution is 0.288. The molecule has 3 N–H and O–H groups in total. The third-order valence-corrected chi connectivity index (χ3v) is 2.09. The Balaban J connectivity index is 2.74. The molecule has 0 heterocycles. The van der Waals surface area contributed by atoms with Crippen molar-refractivity contribution in [3.05, 3.63) is 41.5 Å².